The number of hydrogen-bond acceptors (Lipinski definition) is 4. The lowest BCUT2D eigenvalue weighted by atomic mass is 9.95. The molecule has 1 saturated carbocycles. The van der Waals surface area contributed by atoms with E-state index < -0.39 is 16.1 Å². The number of aryl methyl sites for hydroxylation is 2. The molecule has 1 fully saturated rings. The molecule has 3 rings (SSSR count). The average molecular weight is 556 g/mol. The number of amides is 2. The second-order valence-corrected chi connectivity index (χ2v) is 12.6. The molecule has 214 valence electrons. The van der Waals surface area contributed by atoms with Gasteiger partial charge in [-0.25, -0.2) is 8.42 Å². The summed E-state index contributed by atoms with van der Waals surface area (Å²) in [5.74, 6) is -0.240. The minimum atomic E-state index is -3.52. The van der Waals surface area contributed by atoms with Gasteiger partial charge in [0, 0.05) is 25.6 Å². The highest BCUT2D eigenvalue weighted by atomic mass is 32.2. The van der Waals surface area contributed by atoms with Gasteiger partial charge in [-0.3, -0.25) is 13.9 Å². The first-order chi connectivity index (χ1) is 18.6. The maximum Gasteiger partial charge on any atom is 0.243 e. The van der Waals surface area contributed by atoms with E-state index in [0.29, 0.717) is 25.1 Å². The Labute approximate surface area is 235 Å². The Morgan fingerprint density at radius 1 is 1.00 bits per heavy atom. The van der Waals surface area contributed by atoms with Crippen molar-refractivity contribution in [2.24, 2.45) is 0 Å². The molecule has 2 amide bonds. The van der Waals surface area contributed by atoms with E-state index in [4.69, 9.17) is 0 Å². The van der Waals surface area contributed by atoms with Gasteiger partial charge in [0.1, 0.15) is 6.04 Å². The normalized spacial score (nSPS) is 15.0. The van der Waals surface area contributed by atoms with E-state index in [0.717, 1.165) is 48.8 Å². The number of carbonyl (C=O) groups is 2. The molecular weight excluding hydrogens is 510 g/mol. The summed E-state index contributed by atoms with van der Waals surface area (Å²) in [4.78, 5) is 28.8. The van der Waals surface area contributed by atoms with Crippen molar-refractivity contribution >= 4 is 27.5 Å². The number of nitrogens with zero attached hydrogens (tertiary/aromatic N) is 2. The fraction of sp³-hybridized carbons (Fsp3) is 0.548. The number of nitrogens with one attached hydrogen (secondary N) is 1. The first-order valence-electron chi connectivity index (χ1n) is 14.3. The largest absolute Gasteiger partial charge is 0.352 e. The van der Waals surface area contributed by atoms with Gasteiger partial charge in [0.15, 0.2) is 0 Å². The molecular formula is C31H45N3O4S. The second kappa shape index (κ2) is 14.5. The first kappa shape index (κ1) is 30.7. The summed E-state index contributed by atoms with van der Waals surface area (Å²) in [5, 5.41) is 3.21. The van der Waals surface area contributed by atoms with Gasteiger partial charge in [-0.05, 0) is 62.3 Å². The SMILES string of the molecule is CCc1ccc(N(CCCC(=O)N(Cc2cccc(C)c2)[C@H](CC)C(=O)NC2CCCCC2)S(C)(=O)=O)cc1. The molecule has 1 aliphatic rings. The molecule has 1 N–H and O–H groups in total. The Kier molecular flexibility index (Phi) is 11.4. The molecule has 0 heterocycles. The van der Waals surface area contributed by atoms with E-state index in [-0.39, 0.29) is 30.8 Å². The van der Waals surface area contributed by atoms with E-state index in [1.54, 1.807) is 4.90 Å². The van der Waals surface area contributed by atoms with Crippen LogP contribution in [0.2, 0.25) is 0 Å². The number of sulfonamides is 1. The predicted octanol–water partition coefficient (Wildman–Crippen LogP) is 5.36. The van der Waals surface area contributed by atoms with Crippen molar-refractivity contribution in [2.45, 2.75) is 97.2 Å². The Balaban J connectivity index is 1.75. The standard InChI is InChI=1S/C31H45N3O4S/c1-5-25-17-19-28(20-18-25)34(39(4,37)38)21-11-16-30(35)33(23-26-13-10-12-24(3)22-26)29(6-2)31(36)32-27-14-8-7-9-15-27/h10,12-13,17-20,22,27,29H,5-9,11,14-16,21,23H2,1-4H3,(H,32,36)/t29-/m1/s1. The van der Waals surface area contributed by atoms with Crippen LogP contribution >= 0.6 is 0 Å². The quantitative estimate of drug-likeness (QED) is 0.361. The molecule has 39 heavy (non-hydrogen) atoms. The van der Waals surface area contributed by atoms with Crippen molar-refractivity contribution in [1.82, 2.24) is 10.2 Å². The molecule has 0 radical (unpaired) electrons. The summed E-state index contributed by atoms with van der Waals surface area (Å²) in [5.41, 5.74) is 3.79. The number of anilines is 1. The van der Waals surface area contributed by atoms with Crippen LogP contribution in [0, 0.1) is 6.92 Å². The molecule has 0 aromatic heterocycles. The van der Waals surface area contributed by atoms with Crippen LogP contribution in [0.15, 0.2) is 48.5 Å². The van der Waals surface area contributed by atoms with Crippen molar-refractivity contribution in [3.05, 3.63) is 65.2 Å². The van der Waals surface area contributed by atoms with E-state index in [2.05, 4.69) is 12.2 Å². The third-order valence-electron chi connectivity index (χ3n) is 7.56. The summed E-state index contributed by atoms with van der Waals surface area (Å²) in [6.07, 6.45) is 8.47. The maximum atomic E-state index is 13.7. The minimum absolute atomic E-state index is 0.0980. The van der Waals surface area contributed by atoms with Crippen LogP contribution in [-0.4, -0.2) is 50.0 Å². The molecule has 1 atom stereocenters. The Morgan fingerprint density at radius 2 is 1.69 bits per heavy atom. The molecule has 0 bridgehead atoms. The molecule has 2 aromatic rings. The van der Waals surface area contributed by atoms with Crippen LogP contribution in [0.5, 0.6) is 0 Å². The molecule has 1 aliphatic carbocycles. The number of carbonyl (C=O) groups excluding carboxylic acids is 2. The number of benzene rings is 2. The molecule has 0 unspecified atom stereocenters. The summed E-state index contributed by atoms with van der Waals surface area (Å²) < 4.78 is 26.5. The van der Waals surface area contributed by atoms with Crippen molar-refractivity contribution in [2.75, 3.05) is 17.1 Å². The predicted molar refractivity (Wildman–Crippen MR) is 158 cm³/mol. The first-order valence-corrected chi connectivity index (χ1v) is 16.2. The fourth-order valence-corrected chi connectivity index (χ4v) is 6.34. The van der Waals surface area contributed by atoms with Crippen LogP contribution < -0.4 is 9.62 Å². The van der Waals surface area contributed by atoms with Gasteiger partial charge in [-0.2, -0.15) is 0 Å². The zero-order valence-corrected chi connectivity index (χ0v) is 24.8. The molecule has 7 nitrogen and oxygen atoms in total. The molecule has 0 aliphatic heterocycles. The Bertz CT molecular complexity index is 1190. The Hall–Kier alpha value is -2.87. The smallest absolute Gasteiger partial charge is 0.243 e. The van der Waals surface area contributed by atoms with Crippen LogP contribution in [0.3, 0.4) is 0 Å². The van der Waals surface area contributed by atoms with Crippen LogP contribution in [0.1, 0.15) is 81.9 Å². The lowest BCUT2D eigenvalue weighted by molar-refractivity contribution is -0.141. The molecule has 0 saturated heterocycles. The van der Waals surface area contributed by atoms with Gasteiger partial charge in [-0.15, -0.1) is 0 Å². The molecule has 8 heteroatoms. The highest BCUT2D eigenvalue weighted by Gasteiger charge is 2.30. The Morgan fingerprint density at radius 3 is 2.28 bits per heavy atom. The van der Waals surface area contributed by atoms with Crippen molar-refractivity contribution < 1.29 is 18.0 Å². The number of rotatable bonds is 13. The van der Waals surface area contributed by atoms with Gasteiger partial charge < -0.3 is 10.2 Å². The van der Waals surface area contributed by atoms with Gasteiger partial charge in [0.05, 0.1) is 11.9 Å². The van der Waals surface area contributed by atoms with Gasteiger partial charge in [0.25, 0.3) is 0 Å². The van der Waals surface area contributed by atoms with E-state index in [1.165, 1.54) is 17.0 Å². The van der Waals surface area contributed by atoms with Crippen LogP contribution in [0.25, 0.3) is 0 Å². The third-order valence-corrected chi connectivity index (χ3v) is 8.75. The van der Waals surface area contributed by atoms with Gasteiger partial charge in [-0.1, -0.05) is 75.1 Å². The lowest BCUT2D eigenvalue weighted by Crippen LogP contribution is -2.51. The van der Waals surface area contributed by atoms with Crippen LogP contribution in [-0.2, 0) is 32.6 Å². The third kappa shape index (κ3) is 9.09. The van der Waals surface area contributed by atoms with Gasteiger partial charge in [0.2, 0.25) is 21.8 Å². The topological polar surface area (TPSA) is 86.8 Å². The summed E-state index contributed by atoms with van der Waals surface area (Å²) in [6, 6.07) is 15.1. The van der Waals surface area contributed by atoms with E-state index >= 15 is 0 Å². The van der Waals surface area contributed by atoms with Gasteiger partial charge >= 0.3 is 0 Å². The van der Waals surface area contributed by atoms with Crippen molar-refractivity contribution in [3.63, 3.8) is 0 Å². The molecule has 0 spiro atoms. The van der Waals surface area contributed by atoms with Crippen LogP contribution in [0.4, 0.5) is 5.69 Å². The summed E-state index contributed by atoms with van der Waals surface area (Å²) in [7, 11) is -3.52. The minimum Gasteiger partial charge on any atom is -0.352 e. The lowest BCUT2D eigenvalue weighted by Gasteiger charge is -2.33. The average Bonchev–Trinajstić information content (AvgIpc) is 2.91. The zero-order chi connectivity index (χ0) is 28.4. The number of hydrogen-bond donors (Lipinski definition) is 1. The maximum absolute atomic E-state index is 13.7. The highest BCUT2D eigenvalue weighted by Crippen LogP contribution is 2.22. The van der Waals surface area contributed by atoms with Crippen molar-refractivity contribution in [1.29, 1.82) is 0 Å². The van der Waals surface area contributed by atoms with Crippen molar-refractivity contribution in [3.8, 4) is 0 Å². The van der Waals surface area contributed by atoms with E-state index in [9.17, 15) is 18.0 Å². The molecule has 2 aromatic carbocycles. The fourth-order valence-electron chi connectivity index (χ4n) is 5.37. The second-order valence-electron chi connectivity index (χ2n) is 10.7. The monoisotopic (exact) mass is 555 g/mol. The summed E-state index contributed by atoms with van der Waals surface area (Å²) in [6.45, 7) is 6.53. The zero-order valence-electron chi connectivity index (χ0n) is 24.0. The summed E-state index contributed by atoms with van der Waals surface area (Å²) >= 11 is 0. The highest BCUT2D eigenvalue weighted by molar-refractivity contribution is 7.92. The van der Waals surface area contributed by atoms with E-state index in [1.807, 2.05) is 62.4 Å².